The van der Waals surface area contributed by atoms with Gasteiger partial charge in [-0.1, -0.05) is 0 Å². The molecule has 1 saturated heterocycles. The Labute approximate surface area is 179 Å². The molecule has 0 radical (unpaired) electrons. The highest BCUT2D eigenvalue weighted by atomic mass is 19.1. The molecular formula is C22H25FN4O4. The van der Waals surface area contributed by atoms with Crippen molar-refractivity contribution in [2.45, 2.75) is 25.3 Å². The number of nitrogens with zero attached hydrogens (tertiary/aromatic N) is 1. The zero-order valence-electron chi connectivity index (χ0n) is 17.0. The summed E-state index contributed by atoms with van der Waals surface area (Å²) in [5, 5.41) is 5.82. The summed E-state index contributed by atoms with van der Waals surface area (Å²) >= 11 is 0. The maximum Gasteiger partial charge on any atom is 0.270 e. The molecule has 4 rings (SSSR count). The molecule has 3 N–H and O–H groups in total. The van der Waals surface area contributed by atoms with E-state index in [0.29, 0.717) is 31.5 Å². The highest BCUT2D eigenvalue weighted by Crippen LogP contribution is 2.23. The number of H-pyrrole nitrogens is 1. The quantitative estimate of drug-likeness (QED) is 0.643. The van der Waals surface area contributed by atoms with Crippen LogP contribution in [-0.4, -0.2) is 59.9 Å². The number of likely N-dealkylation sites (tertiary alicyclic amines) is 1. The van der Waals surface area contributed by atoms with Gasteiger partial charge in [0.15, 0.2) is 0 Å². The van der Waals surface area contributed by atoms with Crippen LogP contribution in [0.25, 0.3) is 0 Å². The third-order valence-corrected chi connectivity index (χ3v) is 5.63. The third-order valence-electron chi connectivity index (χ3n) is 5.63. The van der Waals surface area contributed by atoms with Crippen molar-refractivity contribution in [2.24, 2.45) is 5.92 Å². The van der Waals surface area contributed by atoms with Crippen LogP contribution in [0.15, 0.2) is 36.5 Å². The van der Waals surface area contributed by atoms with E-state index < -0.39 is 11.7 Å². The molecule has 0 spiro atoms. The van der Waals surface area contributed by atoms with Crippen LogP contribution in [0.5, 0.6) is 5.75 Å². The first-order valence-corrected chi connectivity index (χ1v) is 10.4. The van der Waals surface area contributed by atoms with Gasteiger partial charge < -0.3 is 25.3 Å². The van der Waals surface area contributed by atoms with Gasteiger partial charge >= 0.3 is 0 Å². The smallest absolute Gasteiger partial charge is 0.270 e. The summed E-state index contributed by atoms with van der Waals surface area (Å²) in [5.74, 6) is -1.44. The molecule has 0 aliphatic carbocycles. The van der Waals surface area contributed by atoms with Crippen LogP contribution < -0.4 is 15.4 Å². The zero-order valence-corrected chi connectivity index (χ0v) is 17.0. The Hall–Kier alpha value is -3.36. The predicted molar refractivity (Wildman–Crippen MR) is 110 cm³/mol. The van der Waals surface area contributed by atoms with Gasteiger partial charge in [0.25, 0.3) is 11.8 Å². The lowest BCUT2D eigenvalue weighted by Crippen LogP contribution is -2.46. The molecular weight excluding hydrogens is 403 g/mol. The van der Waals surface area contributed by atoms with E-state index in [4.69, 9.17) is 4.74 Å². The first-order valence-electron chi connectivity index (χ1n) is 10.4. The number of ether oxygens (including phenoxy) is 1. The van der Waals surface area contributed by atoms with E-state index in [9.17, 15) is 18.8 Å². The Balaban J connectivity index is 1.63. The van der Waals surface area contributed by atoms with Gasteiger partial charge in [0.05, 0.1) is 18.1 Å². The van der Waals surface area contributed by atoms with E-state index in [1.54, 1.807) is 23.2 Å². The molecule has 8 nitrogen and oxygen atoms in total. The Morgan fingerprint density at radius 1 is 1.16 bits per heavy atom. The van der Waals surface area contributed by atoms with Gasteiger partial charge in [0.1, 0.15) is 17.3 Å². The number of rotatable bonds is 1. The third kappa shape index (κ3) is 4.87. The van der Waals surface area contributed by atoms with Crippen molar-refractivity contribution in [1.82, 2.24) is 20.5 Å². The van der Waals surface area contributed by atoms with E-state index in [1.165, 1.54) is 12.1 Å². The highest BCUT2D eigenvalue weighted by Gasteiger charge is 2.32. The Kier molecular flexibility index (Phi) is 6.20. The Morgan fingerprint density at radius 3 is 2.84 bits per heavy atom. The maximum absolute atomic E-state index is 13.8. The van der Waals surface area contributed by atoms with Crippen molar-refractivity contribution in [3.8, 4) is 5.75 Å². The maximum atomic E-state index is 13.8. The number of carbonyl (C=O) groups excluding carboxylic acids is 3. The molecule has 1 fully saturated rings. The molecule has 2 aliphatic rings. The van der Waals surface area contributed by atoms with Crippen molar-refractivity contribution >= 4 is 17.7 Å². The van der Waals surface area contributed by atoms with Crippen LogP contribution in [0, 0.1) is 11.7 Å². The fraction of sp³-hybridized carbons (Fsp3) is 0.409. The largest absolute Gasteiger partial charge is 0.493 e. The Bertz CT molecular complexity index is 962. The molecule has 2 bridgehead atoms. The van der Waals surface area contributed by atoms with Gasteiger partial charge in [-0.15, -0.1) is 0 Å². The minimum Gasteiger partial charge on any atom is -0.493 e. The van der Waals surface area contributed by atoms with Crippen LogP contribution in [0.4, 0.5) is 4.39 Å². The molecule has 3 amide bonds. The van der Waals surface area contributed by atoms with Crippen LogP contribution in [0.1, 0.15) is 40.1 Å². The first kappa shape index (κ1) is 20.9. The summed E-state index contributed by atoms with van der Waals surface area (Å²) in [7, 11) is 0. The average molecular weight is 428 g/mol. The van der Waals surface area contributed by atoms with Crippen LogP contribution >= 0.6 is 0 Å². The van der Waals surface area contributed by atoms with Gasteiger partial charge in [-0.05, 0) is 49.6 Å². The molecule has 2 atom stereocenters. The zero-order chi connectivity index (χ0) is 21.8. The summed E-state index contributed by atoms with van der Waals surface area (Å²) in [6.45, 7) is 1.19. The molecule has 2 aromatic rings. The fourth-order valence-corrected chi connectivity index (χ4v) is 4.00. The Morgan fingerprint density at radius 2 is 2.03 bits per heavy atom. The van der Waals surface area contributed by atoms with Crippen molar-refractivity contribution in [2.75, 3.05) is 26.2 Å². The summed E-state index contributed by atoms with van der Waals surface area (Å²) in [6, 6.07) is 6.84. The summed E-state index contributed by atoms with van der Waals surface area (Å²) in [6.07, 6.45) is 3.24. The van der Waals surface area contributed by atoms with Gasteiger partial charge in [0.2, 0.25) is 5.91 Å². The van der Waals surface area contributed by atoms with Crippen molar-refractivity contribution in [1.29, 1.82) is 0 Å². The van der Waals surface area contributed by atoms with Gasteiger partial charge in [-0.3, -0.25) is 14.4 Å². The number of aromatic amines is 1. The van der Waals surface area contributed by atoms with Gasteiger partial charge in [-0.2, -0.15) is 0 Å². The van der Waals surface area contributed by atoms with Gasteiger partial charge in [0, 0.05) is 31.9 Å². The SMILES string of the molecule is O=C1N[C@@H]2CC[C@@H](CN(C(=O)c3ccc[nH]3)C2)C(=O)NCCCOc2ccc(F)cc21. The fourth-order valence-electron chi connectivity index (χ4n) is 4.00. The number of hydrogen-bond donors (Lipinski definition) is 3. The second-order valence-electron chi connectivity index (χ2n) is 7.87. The van der Waals surface area contributed by atoms with Crippen LogP contribution in [0.2, 0.25) is 0 Å². The van der Waals surface area contributed by atoms with E-state index in [2.05, 4.69) is 15.6 Å². The molecule has 0 saturated carbocycles. The molecule has 164 valence electrons. The standard InChI is InChI=1S/C22H25FN4O4/c23-15-5-7-19-17(11-15)21(29)26-16-6-4-14(20(28)25-9-2-10-31-19)12-27(13-16)22(30)18-3-1-8-24-18/h1,3,5,7-8,11,14,16,24H,2,4,6,9-10,12-13H2,(H,25,28)(H,26,29)/t14-,16+/m0/s1. The first-order chi connectivity index (χ1) is 15.0. The normalized spacial score (nSPS) is 22.4. The number of nitrogens with one attached hydrogen (secondary N) is 3. The second-order valence-corrected chi connectivity index (χ2v) is 7.87. The average Bonchev–Trinajstić information content (AvgIpc) is 3.21. The molecule has 1 aromatic heterocycles. The number of benzene rings is 1. The molecule has 9 heteroatoms. The number of hydrogen-bond acceptors (Lipinski definition) is 4. The molecule has 3 heterocycles. The number of amides is 3. The lowest BCUT2D eigenvalue weighted by atomic mass is 10.0. The number of halogens is 1. The monoisotopic (exact) mass is 428 g/mol. The van der Waals surface area contributed by atoms with Crippen molar-refractivity contribution in [3.63, 3.8) is 0 Å². The molecule has 2 aliphatic heterocycles. The highest BCUT2D eigenvalue weighted by molar-refractivity contribution is 5.97. The molecule has 1 aromatic carbocycles. The summed E-state index contributed by atoms with van der Waals surface area (Å²) in [4.78, 5) is 43.1. The second kappa shape index (κ2) is 9.20. The minimum atomic E-state index is -0.532. The number of aromatic nitrogens is 1. The van der Waals surface area contributed by atoms with Crippen molar-refractivity contribution < 1.29 is 23.5 Å². The molecule has 0 unspecified atom stereocenters. The van der Waals surface area contributed by atoms with E-state index in [1.807, 2.05) is 0 Å². The van der Waals surface area contributed by atoms with Crippen LogP contribution in [-0.2, 0) is 4.79 Å². The van der Waals surface area contributed by atoms with Crippen molar-refractivity contribution in [3.05, 3.63) is 53.6 Å². The van der Waals surface area contributed by atoms with E-state index in [0.717, 1.165) is 6.07 Å². The summed E-state index contributed by atoms with van der Waals surface area (Å²) in [5.41, 5.74) is 0.536. The lowest BCUT2D eigenvalue weighted by molar-refractivity contribution is -0.125. The minimum absolute atomic E-state index is 0.115. The van der Waals surface area contributed by atoms with Gasteiger partial charge in [-0.25, -0.2) is 4.39 Å². The predicted octanol–water partition coefficient (Wildman–Crippen LogP) is 1.70. The summed E-state index contributed by atoms with van der Waals surface area (Å²) < 4.78 is 19.5. The lowest BCUT2D eigenvalue weighted by Gasteiger charge is -2.26. The van der Waals surface area contributed by atoms with Crippen LogP contribution in [0.3, 0.4) is 0 Å². The number of carbonyl (C=O) groups is 3. The van der Waals surface area contributed by atoms with E-state index >= 15 is 0 Å². The molecule has 31 heavy (non-hydrogen) atoms. The topological polar surface area (TPSA) is 104 Å². The number of fused-ring (bicyclic) bond motifs is 4. The van der Waals surface area contributed by atoms with E-state index in [-0.39, 0.29) is 54.8 Å².